The molecule has 0 radical (unpaired) electrons. The molecule has 0 unspecified atom stereocenters. The summed E-state index contributed by atoms with van der Waals surface area (Å²) in [6.45, 7) is 3.66. The molecule has 1 aromatic carbocycles. The van der Waals surface area contributed by atoms with Gasteiger partial charge in [0.05, 0.1) is 5.69 Å². The molecule has 7 heteroatoms. The Morgan fingerprint density at radius 3 is 2.83 bits per heavy atom. The van der Waals surface area contributed by atoms with Gasteiger partial charge in [-0.2, -0.15) is 0 Å². The van der Waals surface area contributed by atoms with Gasteiger partial charge >= 0.3 is 0 Å². The van der Waals surface area contributed by atoms with Crippen molar-refractivity contribution in [1.29, 1.82) is 0 Å². The number of para-hydroxylation sites is 1. The Bertz CT molecular complexity index is 857. The van der Waals surface area contributed by atoms with E-state index < -0.39 is 21.5 Å². The third-order valence-electron chi connectivity index (χ3n) is 4.17. The summed E-state index contributed by atoms with van der Waals surface area (Å²) >= 11 is 0. The fourth-order valence-corrected chi connectivity index (χ4v) is 4.27. The second-order valence-electron chi connectivity index (χ2n) is 6.25. The van der Waals surface area contributed by atoms with Crippen LogP contribution in [0.2, 0.25) is 0 Å². The van der Waals surface area contributed by atoms with Crippen LogP contribution in [0, 0.1) is 6.92 Å². The molecule has 2 heterocycles. The maximum Gasteiger partial charge on any atom is 0.242 e. The normalized spacial score (nSPS) is 17.6. The van der Waals surface area contributed by atoms with Crippen molar-refractivity contribution in [2.45, 2.75) is 38.5 Å². The standard InChI is InChI=1S/C17H20N2O4S/c1-12-9-15(23-18-12)10-24(21,22)11-17(20)19-13(2)7-8-14-5-3-4-6-16(14)19/h3-6,9,13H,7-8,10-11H2,1-2H3/t13-/m1/s1. The van der Waals surface area contributed by atoms with E-state index in [0.717, 1.165) is 24.1 Å². The van der Waals surface area contributed by atoms with E-state index in [4.69, 9.17) is 4.52 Å². The van der Waals surface area contributed by atoms with E-state index in [1.165, 1.54) is 0 Å². The van der Waals surface area contributed by atoms with E-state index in [2.05, 4.69) is 5.16 Å². The van der Waals surface area contributed by atoms with Gasteiger partial charge in [-0.05, 0) is 38.3 Å². The minimum absolute atomic E-state index is 0.0184. The van der Waals surface area contributed by atoms with E-state index in [1.54, 1.807) is 17.9 Å². The predicted octanol–water partition coefficient (Wildman–Crippen LogP) is 2.27. The predicted molar refractivity (Wildman–Crippen MR) is 90.4 cm³/mol. The third kappa shape index (κ3) is 3.51. The molecule has 128 valence electrons. The van der Waals surface area contributed by atoms with Crippen molar-refractivity contribution in [3.8, 4) is 0 Å². The molecule has 24 heavy (non-hydrogen) atoms. The number of hydrogen-bond donors (Lipinski definition) is 0. The van der Waals surface area contributed by atoms with Crippen molar-refractivity contribution in [2.24, 2.45) is 0 Å². The zero-order valence-electron chi connectivity index (χ0n) is 13.7. The van der Waals surface area contributed by atoms with Gasteiger partial charge in [0.1, 0.15) is 11.5 Å². The van der Waals surface area contributed by atoms with Gasteiger partial charge in [-0.1, -0.05) is 23.4 Å². The van der Waals surface area contributed by atoms with Gasteiger partial charge in [0.25, 0.3) is 0 Å². The third-order valence-corrected chi connectivity index (χ3v) is 5.59. The molecule has 1 aliphatic rings. The summed E-state index contributed by atoms with van der Waals surface area (Å²) in [5.74, 6) is -0.993. The lowest BCUT2D eigenvalue weighted by Crippen LogP contribution is -2.45. The van der Waals surface area contributed by atoms with Crippen molar-refractivity contribution in [1.82, 2.24) is 5.16 Å². The zero-order chi connectivity index (χ0) is 17.3. The maximum atomic E-state index is 12.7. The molecule has 1 aromatic heterocycles. The Hall–Kier alpha value is -2.15. The van der Waals surface area contributed by atoms with Gasteiger partial charge in [-0.25, -0.2) is 8.42 Å². The second-order valence-corrected chi connectivity index (χ2v) is 8.31. The summed E-state index contributed by atoms with van der Waals surface area (Å²) in [4.78, 5) is 14.3. The lowest BCUT2D eigenvalue weighted by Gasteiger charge is -2.35. The molecule has 0 saturated heterocycles. The summed E-state index contributed by atoms with van der Waals surface area (Å²) in [6, 6.07) is 9.20. The average molecular weight is 348 g/mol. The highest BCUT2D eigenvalue weighted by Crippen LogP contribution is 2.30. The first kappa shape index (κ1) is 16.7. The quantitative estimate of drug-likeness (QED) is 0.847. The van der Waals surface area contributed by atoms with Crippen molar-refractivity contribution >= 4 is 21.4 Å². The lowest BCUT2D eigenvalue weighted by atomic mass is 9.97. The monoisotopic (exact) mass is 348 g/mol. The summed E-state index contributed by atoms with van der Waals surface area (Å²) in [5.41, 5.74) is 2.50. The number of rotatable bonds is 4. The summed E-state index contributed by atoms with van der Waals surface area (Å²) in [5, 5.41) is 3.68. The number of benzene rings is 1. The number of aryl methyl sites for hydroxylation is 2. The van der Waals surface area contributed by atoms with Crippen LogP contribution in [-0.2, 0) is 26.8 Å². The van der Waals surface area contributed by atoms with Crippen LogP contribution in [0.3, 0.4) is 0 Å². The van der Waals surface area contributed by atoms with Gasteiger partial charge in [-0.15, -0.1) is 0 Å². The molecular formula is C17H20N2O4S. The number of nitrogens with zero attached hydrogens (tertiary/aromatic N) is 2. The SMILES string of the molecule is Cc1cc(CS(=O)(=O)CC(=O)N2c3ccccc3CC[C@H]2C)on1. The van der Waals surface area contributed by atoms with Gasteiger partial charge in [0.15, 0.2) is 15.6 Å². The highest BCUT2D eigenvalue weighted by atomic mass is 32.2. The van der Waals surface area contributed by atoms with Crippen molar-refractivity contribution < 1.29 is 17.7 Å². The van der Waals surface area contributed by atoms with Crippen molar-refractivity contribution in [2.75, 3.05) is 10.7 Å². The minimum Gasteiger partial charge on any atom is -0.360 e. The first-order chi connectivity index (χ1) is 11.4. The Labute approximate surface area is 141 Å². The Balaban J connectivity index is 1.79. The number of sulfone groups is 1. The lowest BCUT2D eigenvalue weighted by molar-refractivity contribution is -0.116. The highest BCUT2D eigenvalue weighted by molar-refractivity contribution is 7.91. The molecule has 1 amide bonds. The number of anilines is 1. The van der Waals surface area contributed by atoms with E-state index >= 15 is 0 Å². The number of hydrogen-bond acceptors (Lipinski definition) is 5. The first-order valence-electron chi connectivity index (χ1n) is 7.88. The van der Waals surface area contributed by atoms with Crippen LogP contribution < -0.4 is 4.90 Å². The molecular weight excluding hydrogens is 328 g/mol. The molecule has 1 atom stereocenters. The zero-order valence-corrected chi connectivity index (χ0v) is 14.5. The van der Waals surface area contributed by atoms with Crippen LogP contribution >= 0.6 is 0 Å². The Morgan fingerprint density at radius 1 is 1.38 bits per heavy atom. The minimum atomic E-state index is -3.62. The van der Waals surface area contributed by atoms with Crippen LogP contribution in [0.1, 0.15) is 30.4 Å². The van der Waals surface area contributed by atoms with Crippen molar-refractivity contribution in [3.63, 3.8) is 0 Å². The van der Waals surface area contributed by atoms with Crippen LogP contribution in [0.15, 0.2) is 34.9 Å². The summed E-state index contributed by atoms with van der Waals surface area (Å²) < 4.78 is 29.6. The summed E-state index contributed by atoms with van der Waals surface area (Å²) in [7, 11) is -3.62. The van der Waals surface area contributed by atoms with E-state index in [-0.39, 0.29) is 17.6 Å². The molecule has 0 spiro atoms. The fourth-order valence-electron chi connectivity index (χ4n) is 3.08. The fraction of sp³-hybridized carbons (Fsp3) is 0.412. The van der Waals surface area contributed by atoms with Crippen LogP contribution in [-0.4, -0.2) is 31.3 Å². The van der Waals surface area contributed by atoms with Gasteiger partial charge in [0.2, 0.25) is 5.91 Å². The molecule has 0 N–H and O–H groups in total. The molecule has 0 saturated carbocycles. The number of carbonyl (C=O) groups is 1. The molecule has 6 nitrogen and oxygen atoms in total. The van der Waals surface area contributed by atoms with E-state index in [9.17, 15) is 13.2 Å². The second kappa shape index (κ2) is 6.39. The Kier molecular flexibility index (Phi) is 4.45. The van der Waals surface area contributed by atoms with Crippen molar-refractivity contribution in [3.05, 3.63) is 47.3 Å². The Morgan fingerprint density at radius 2 is 2.12 bits per heavy atom. The first-order valence-corrected chi connectivity index (χ1v) is 9.70. The van der Waals surface area contributed by atoms with Crippen LogP contribution in [0.5, 0.6) is 0 Å². The number of amides is 1. The van der Waals surface area contributed by atoms with Crippen LogP contribution in [0.4, 0.5) is 5.69 Å². The number of carbonyl (C=O) groups excluding carboxylic acids is 1. The van der Waals surface area contributed by atoms with E-state index in [1.807, 2.05) is 31.2 Å². The van der Waals surface area contributed by atoms with E-state index in [0.29, 0.717) is 5.69 Å². The largest absolute Gasteiger partial charge is 0.360 e. The molecule has 1 aliphatic heterocycles. The van der Waals surface area contributed by atoms with Gasteiger partial charge < -0.3 is 9.42 Å². The average Bonchev–Trinajstić information content (AvgIpc) is 2.90. The highest BCUT2D eigenvalue weighted by Gasteiger charge is 2.31. The maximum absolute atomic E-state index is 12.7. The van der Waals surface area contributed by atoms with Crippen LogP contribution in [0.25, 0.3) is 0 Å². The molecule has 3 rings (SSSR count). The van der Waals surface area contributed by atoms with Gasteiger partial charge in [-0.3, -0.25) is 4.79 Å². The number of aromatic nitrogens is 1. The molecule has 0 bridgehead atoms. The molecule has 0 aliphatic carbocycles. The molecule has 2 aromatic rings. The summed E-state index contributed by atoms with van der Waals surface area (Å²) in [6.07, 6.45) is 1.72. The number of fused-ring (bicyclic) bond motifs is 1. The van der Waals surface area contributed by atoms with Gasteiger partial charge in [0, 0.05) is 17.8 Å². The topological polar surface area (TPSA) is 80.5 Å². The molecule has 0 fully saturated rings. The smallest absolute Gasteiger partial charge is 0.242 e.